The van der Waals surface area contributed by atoms with Gasteiger partial charge in [0, 0.05) is 0 Å². The van der Waals surface area contributed by atoms with Gasteiger partial charge in [-0.3, -0.25) is 4.79 Å². The highest BCUT2D eigenvalue weighted by molar-refractivity contribution is 8.15. The molecule has 0 radical (unpaired) electrons. The number of thioether (sulfide) groups is 1. The molecule has 2 aromatic carbocycles. The SMILES string of the molecule is O=C(CS(=O)(=O)c1ccccc1)C1CN2C(=N1)Sc1c2ccc(F)c1Cl. The van der Waals surface area contributed by atoms with Crippen LogP contribution in [0.2, 0.25) is 5.02 Å². The van der Waals surface area contributed by atoms with Crippen LogP contribution in [0.1, 0.15) is 0 Å². The van der Waals surface area contributed by atoms with Crippen molar-refractivity contribution in [3.8, 4) is 0 Å². The Bertz CT molecular complexity index is 1040. The zero-order valence-corrected chi connectivity index (χ0v) is 15.6. The lowest BCUT2D eigenvalue weighted by Crippen LogP contribution is -2.32. The molecule has 9 heteroatoms. The molecule has 2 heterocycles. The minimum Gasteiger partial charge on any atom is -0.317 e. The molecule has 0 aromatic heterocycles. The number of rotatable bonds is 4. The van der Waals surface area contributed by atoms with Crippen LogP contribution in [-0.4, -0.2) is 37.7 Å². The van der Waals surface area contributed by atoms with Gasteiger partial charge in [0.05, 0.1) is 27.0 Å². The topological polar surface area (TPSA) is 66.8 Å². The van der Waals surface area contributed by atoms with Gasteiger partial charge in [0.25, 0.3) is 0 Å². The van der Waals surface area contributed by atoms with Gasteiger partial charge >= 0.3 is 0 Å². The van der Waals surface area contributed by atoms with Crippen molar-refractivity contribution in [3.63, 3.8) is 0 Å². The van der Waals surface area contributed by atoms with Crippen molar-refractivity contribution in [1.29, 1.82) is 0 Å². The van der Waals surface area contributed by atoms with Gasteiger partial charge in [0.2, 0.25) is 0 Å². The van der Waals surface area contributed by atoms with E-state index < -0.39 is 33.2 Å². The summed E-state index contributed by atoms with van der Waals surface area (Å²) in [6.45, 7) is 0.223. The van der Waals surface area contributed by atoms with Crippen molar-refractivity contribution in [2.75, 3.05) is 17.2 Å². The molecule has 4 rings (SSSR count). The van der Waals surface area contributed by atoms with Crippen molar-refractivity contribution < 1.29 is 17.6 Å². The van der Waals surface area contributed by atoms with E-state index in [2.05, 4.69) is 4.99 Å². The normalized spacial score (nSPS) is 18.5. The molecule has 2 aliphatic rings. The van der Waals surface area contributed by atoms with Gasteiger partial charge in [-0.2, -0.15) is 0 Å². The molecule has 26 heavy (non-hydrogen) atoms. The monoisotopic (exact) mass is 410 g/mol. The molecule has 0 spiro atoms. The molecule has 0 amide bonds. The van der Waals surface area contributed by atoms with Crippen LogP contribution >= 0.6 is 23.4 Å². The smallest absolute Gasteiger partial charge is 0.185 e. The first-order chi connectivity index (χ1) is 12.4. The van der Waals surface area contributed by atoms with Gasteiger partial charge in [-0.05, 0) is 36.0 Å². The third-order valence-electron chi connectivity index (χ3n) is 4.17. The summed E-state index contributed by atoms with van der Waals surface area (Å²) in [4.78, 5) is 19.3. The molecular formula is C17H12ClFN2O3S2. The Kier molecular flexibility index (Phi) is 4.29. The van der Waals surface area contributed by atoms with Crippen molar-refractivity contribution in [2.45, 2.75) is 15.8 Å². The molecule has 0 aliphatic carbocycles. The highest BCUT2D eigenvalue weighted by atomic mass is 35.5. The third kappa shape index (κ3) is 2.91. The number of anilines is 1. The average molecular weight is 411 g/mol. The Labute approximate surface area is 158 Å². The number of hydrogen-bond acceptors (Lipinski definition) is 6. The van der Waals surface area contributed by atoms with Crippen LogP contribution in [0.15, 0.2) is 57.2 Å². The maximum Gasteiger partial charge on any atom is 0.185 e. The number of nitrogens with zero attached hydrogens (tertiary/aromatic N) is 2. The van der Waals surface area contributed by atoms with Crippen LogP contribution in [0.3, 0.4) is 0 Å². The van der Waals surface area contributed by atoms with Crippen LogP contribution < -0.4 is 4.90 Å². The number of benzene rings is 2. The van der Waals surface area contributed by atoms with Crippen LogP contribution in [-0.2, 0) is 14.6 Å². The second-order valence-electron chi connectivity index (χ2n) is 5.89. The Morgan fingerprint density at radius 2 is 2.00 bits per heavy atom. The van der Waals surface area contributed by atoms with Crippen LogP contribution in [0.5, 0.6) is 0 Å². The van der Waals surface area contributed by atoms with E-state index in [0.29, 0.717) is 15.8 Å². The van der Waals surface area contributed by atoms with Gasteiger partial charge < -0.3 is 4.90 Å². The zero-order valence-electron chi connectivity index (χ0n) is 13.2. The molecule has 5 nitrogen and oxygen atoms in total. The first-order valence-corrected chi connectivity index (χ1v) is 10.5. The highest BCUT2D eigenvalue weighted by Crippen LogP contribution is 2.47. The number of fused-ring (bicyclic) bond motifs is 3. The van der Waals surface area contributed by atoms with E-state index in [0.717, 1.165) is 0 Å². The van der Waals surface area contributed by atoms with Crippen molar-refractivity contribution >= 4 is 49.8 Å². The minimum atomic E-state index is -3.71. The third-order valence-corrected chi connectivity index (χ3v) is 7.43. The van der Waals surface area contributed by atoms with Gasteiger partial charge in [-0.1, -0.05) is 29.8 Å². The Balaban J connectivity index is 1.53. The highest BCUT2D eigenvalue weighted by Gasteiger charge is 2.39. The number of sulfone groups is 1. The Morgan fingerprint density at radius 1 is 1.27 bits per heavy atom. The maximum atomic E-state index is 13.6. The summed E-state index contributed by atoms with van der Waals surface area (Å²) in [6, 6.07) is 9.93. The predicted octanol–water partition coefficient (Wildman–Crippen LogP) is 3.17. The largest absolute Gasteiger partial charge is 0.317 e. The summed E-state index contributed by atoms with van der Waals surface area (Å²) < 4.78 is 38.3. The second-order valence-corrected chi connectivity index (χ2v) is 9.23. The van der Waals surface area contributed by atoms with E-state index in [-0.39, 0.29) is 16.5 Å². The lowest BCUT2D eigenvalue weighted by Gasteiger charge is -2.15. The number of amidine groups is 1. The summed E-state index contributed by atoms with van der Waals surface area (Å²) in [5.41, 5.74) is 0.682. The minimum absolute atomic E-state index is 0.0270. The van der Waals surface area contributed by atoms with Crippen LogP contribution in [0.4, 0.5) is 10.1 Å². The van der Waals surface area contributed by atoms with E-state index >= 15 is 0 Å². The fourth-order valence-corrected chi connectivity index (χ4v) is 5.57. The standard InChI is InChI=1S/C17H12ClFN2O3S2/c18-15-11(19)6-7-13-16(15)25-17-20-12(8-21(13)17)14(22)9-26(23,24)10-4-2-1-3-5-10/h1-7,12H,8-9H2. The lowest BCUT2D eigenvalue weighted by atomic mass is 10.2. The molecule has 0 bridgehead atoms. The van der Waals surface area contributed by atoms with E-state index in [1.165, 1.54) is 30.0 Å². The molecule has 134 valence electrons. The lowest BCUT2D eigenvalue weighted by molar-refractivity contribution is -0.117. The predicted molar refractivity (Wildman–Crippen MR) is 99.3 cm³/mol. The molecule has 0 saturated carbocycles. The maximum absolute atomic E-state index is 13.6. The quantitative estimate of drug-likeness (QED) is 0.774. The van der Waals surface area contributed by atoms with Crippen molar-refractivity contribution in [1.82, 2.24) is 0 Å². The molecule has 1 atom stereocenters. The summed E-state index contributed by atoms with van der Waals surface area (Å²) in [5, 5.41) is 0.557. The fourth-order valence-electron chi connectivity index (χ4n) is 2.87. The van der Waals surface area contributed by atoms with Gasteiger partial charge in [0.15, 0.2) is 20.8 Å². The number of halogens is 2. The van der Waals surface area contributed by atoms with Crippen molar-refractivity contribution in [2.24, 2.45) is 4.99 Å². The van der Waals surface area contributed by atoms with Gasteiger partial charge in [-0.25, -0.2) is 17.8 Å². The second kappa shape index (κ2) is 6.37. The van der Waals surface area contributed by atoms with E-state index in [1.807, 2.05) is 0 Å². The number of Topliss-reactive ketones (excluding diaryl/α,β-unsaturated/α-hetero) is 1. The Hall–Kier alpha value is -1.90. The number of carbonyl (C=O) groups is 1. The molecule has 2 aromatic rings. The van der Waals surface area contributed by atoms with Crippen molar-refractivity contribution in [3.05, 3.63) is 53.3 Å². The molecule has 0 saturated heterocycles. The summed E-state index contributed by atoms with van der Waals surface area (Å²) in [6.07, 6.45) is 0. The van der Waals surface area contributed by atoms with E-state index in [1.54, 1.807) is 29.2 Å². The first kappa shape index (κ1) is 17.5. The van der Waals surface area contributed by atoms with Crippen LogP contribution in [0, 0.1) is 5.82 Å². The molecule has 2 aliphatic heterocycles. The number of aliphatic imine (C=N–C) groups is 1. The zero-order chi connectivity index (χ0) is 18.5. The van der Waals surface area contributed by atoms with Gasteiger partial charge in [-0.15, -0.1) is 0 Å². The van der Waals surface area contributed by atoms with Crippen LogP contribution in [0.25, 0.3) is 0 Å². The van der Waals surface area contributed by atoms with E-state index in [9.17, 15) is 17.6 Å². The molecule has 0 fully saturated rings. The van der Waals surface area contributed by atoms with E-state index in [4.69, 9.17) is 11.6 Å². The number of hydrogen-bond donors (Lipinski definition) is 0. The summed E-state index contributed by atoms with van der Waals surface area (Å²) in [5.74, 6) is -1.58. The van der Waals surface area contributed by atoms with Gasteiger partial charge in [0.1, 0.15) is 17.6 Å². The first-order valence-electron chi connectivity index (χ1n) is 7.68. The average Bonchev–Trinajstić information content (AvgIpc) is 3.17. The molecule has 1 unspecified atom stereocenters. The number of carbonyl (C=O) groups excluding carboxylic acids is 1. The fraction of sp³-hybridized carbons (Fsp3) is 0.176. The molecule has 0 N–H and O–H groups in total. The number of ketones is 1. The Morgan fingerprint density at radius 3 is 2.73 bits per heavy atom. The molecular weight excluding hydrogens is 399 g/mol. The summed E-state index contributed by atoms with van der Waals surface area (Å²) in [7, 11) is -3.71. The summed E-state index contributed by atoms with van der Waals surface area (Å²) >= 11 is 7.17.